The number of likely N-dealkylation sites (tertiary alicyclic amines) is 1. The number of nitrogens with zero attached hydrogens (tertiary/aromatic N) is 3. The molecule has 1 saturated carbocycles. The lowest BCUT2D eigenvalue weighted by Gasteiger charge is -2.39. The molecule has 2 aromatic rings. The fourth-order valence-electron chi connectivity index (χ4n) is 5.31. The monoisotopic (exact) mass is 636 g/mol. The molecule has 2 amide bonds. The van der Waals surface area contributed by atoms with E-state index in [9.17, 15) is 32.3 Å². The molecule has 236 valence electrons. The molecular formula is C28H32F4N6O5Si. The number of nitrogens with two attached hydrogens (primary N) is 1. The Hall–Kier alpha value is -3.57. The molecule has 2 atom stereocenters. The first-order valence-corrected chi connectivity index (χ1v) is 15.0. The standard InChI is InChI=1S/C28H32F4N6O5Si/c1-42-44-14-34-10-15-6-21(26(41)38(11-15)17-2-3-17)24(39)36-23-8-16(7-22(33)35-23)19-5-4-18(43-27(29)30)9-20(19)25(40)37-12-28(31,32)13-37/h4-9,15,17,26-27,34,41H,2-3,10-14H2,1H3,(H3,33,35,36,39). The first-order chi connectivity index (χ1) is 20.9. The number of ether oxygens (including phenoxy) is 1. The van der Waals surface area contributed by atoms with E-state index >= 15 is 0 Å². The van der Waals surface area contributed by atoms with Crippen molar-refractivity contribution in [2.75, 3.05) is 50.5 Å². The zero-order chi connectivity index (χ0) is 31.6. The Morgan fingerprint density at radius 1 is 1.23 bits per heavy atom. The third-order valence-corrected chi connectivity index (χ3v) is 8.14. The first kappa shape index (κ1) is 31.8. The molecule has 16 heteroatoms. The van der Waals surface area contributed by atoms with Crippen LogP contribution in [0.5, 0.6) is 5.75 Å². The van der Waals surface area contributed by atoms with Gasteiger partial charge in [0.25, 0.3) is 17.7 Å². The van der Waals surface area contributed by atoms with Crippen LogP contribution in [0.4, 0.5) is 29.2 Å². The topological polar surface area (TPSA) is 142 Å². The van der Waals surface area contributed by atoms with Gasteiger partial charge in [-0.05, 0) is 54.3 Å². The van der Waals surface area contributed by atoms with Crippen molar-refractivity contribution in [2.24, 2.45) is 5.92 Å². The van der Waals surface area contributed by atoms with Gasteiger partial charge >= 0.3 is 6.61 Å². The minimum absolute atomic E-state index is 0.000551. The van der Waals surface area contributed by atoms with Gasteiger partial charge in [0.2, 0.25) is 9.76 Å². The Morgan fingerprint density at radius 2 is 1.98 bits per heavy atom. The summed E-state index contributed by atoms with van der Waals surface area (Å²) in [4.78, 5) is 33.6. The van der Waals surface area contributed by atoms with Crippen molar-refractivity contribution in [1.29, 1.82) is 0 Å². The second kappa shape index (κ2) is 13.2. The van der Waals surface area contributed by atoms with Crippen LogP contribution in [0.3, 0.4) is 0 Å². The summed E-state index contributed by atoms with van der Waals surface area (Å²) in [6.07, 6.45) is 3.12. The van der Waals surface area contributed by atoms with Crippen LogP contribution in [0.25, 0.3) is 11.1 Å². The summed E-state index contributed by atoms with van der Waals surface area (Å²) in [7, 11) is 1.91. The highest BCUT2D eigenvalue weighted by Gasteiger charge is 2.47. The van der Waals surface area contributed by atoms with Crippen molar-refractivity contribution in [1.82, 2.24) is 20.1 Å². The van der Waals surface area contributed by atoms with E-state index < -0.39 is 43.7 Å². The zero-order valence-corrected chi connectivity index (χ0v) is 24.7. The molecule has 2 radical (unpaired) electrons. The predicted octanol–water partition coefficient (Wildman–Crippen LogP) is 2.11. The number of aliphatic hydroxyl groups is 1. The van der Waals surface area contributed by atoms with Crippen molar-refractivity contribution in [2.45, 2.75) is 37.6 Å². The Bertz CT molecular complexity index is 1420. The lowest BCUT2D eigenvalue weighted by atomic mass is 9.96. The molecule has 2 aliphatic heterocycles. The fourth-order valence-corrected chi connectivity index (χ4v) is 5.70. The van der Waals surface area contributed by atoms with E-state index in [1.165, 1.54) is 24.3 Å². The molecule has 3 aliphatic rings. The molecule has 0 bridgehead atoms. The summed E-state index contributed by atoms with van der Waals surface area (Å²) in [5.41, 5.74) is 6.46. The number of hydrogen-bond acceptors (Lipinski definition) is 9. The van der Waals surface area contributed by atoms with Crippen LogP contribution < -0.4 is 21.1 Å². The van der Waals surface area contributed by atoms with Gasteiger partial charge in [-0.3, -0.25) is 14.5 Å². The number of aromatic nitrogens is 1. The summed E-state index contributed by atoms with van der Waals surface area (Å²) in [5.74, 6) is -4.89. The van der Waals surface area contributed by atoms with E-state index in [1.54, 1.807) is 13.2 Å². The maximum Gasteiger partial charge on any atom is 0.387 e. The smallest absolute Gasteiger partial charge is 0.387 e. The molecule has 1 aliphatic carbocycles. The van der Waals surface area contributed by atoms with E-state index in [2.05, 4.69) is 20.4 Å². The average molecular weight is 637 g/mol. The lowest BCUT2D eigenvalue weighted by Crippen LogP contribution is -2.58. The van der Waals surface area contributed by atoms with Gasteiger partial charge in [-0.15, -0.1) is 0 Å². The van der Waals surface area contributed by atoms with Crippen LogP contribution in [0.1, 0.15) is 23.2 Å². The normalized spacial score (nSPS) is 21.5. The molecule has 5 N–H and O–H groups in total. The van der Waals surface area contributed by atoms with E-state index in [-0.39, 0.29) is 51.6 Å². The molecular weight excluding hydrogens is 604 g/mol. The zero-order valence-electron chi connectivity index (χ0n) is 23.7. The number of benzene rings is 1. The van der Waals surface area contributed by atoms with Crippen LogP contribution >= 0.6 is 0 Å². The quantitative estimate of drug-likeness (QED) is 0.157. The van der Waals surface area contributed by atoms with Gasteiger partial charge in [0, 0.05) is 38.3 Å². The molecule has 2 fully saturated rings. The van der Waals surface area contributed by atoms with Gasteiger partial charge in [0.15, 0.2) is 0 Å². The number of rotatable bonds is 12. The van der Waals surface area contributed by atoms with Crippen LogP contribution in [0, 0.1) is 5.92 Å². The average Bonchev–Trinajstić information content (AvgIpc) is 3.79. The number of hydrogen-bond donors (Lipinski definition) is 4. The molecule has 1 aromatic heterocycles. The summed E-state index contributed by atoms with van der Waals surface area (Å²) >= 11 is 0. The Labute approximate surface area is 253 Å². The number of alkyl halides is 4. The fraction of sp³-hybridized carbons (Fsp3) is 0.464. The molecule has 1 aromatic carbocycles. The third kappa shape index (κ3) is 7.55. The Balaban J connectivity index is 1.40. The summed E-state index contributed by atoms with van der Waals surface area (Å²) in [6.45, 7) is -3.64. The van der Waals surface area contributed by atoms with Crippen LogP contribution in [-0.4, -0.2) is 106 Å². The first-order valence-electron chi connectivity index (χ1n) is 13.9. The maximum absolute atomic E-state index is 13.5. The highest BCUT2D eigenvalue weighted by atomic mass is 28.2. The third-order valence-electron chi connectivity index (χ3n) is 7.45. The van der Waals surface area contributed by atoms with Gasteiger partial charge in [0.1, 0.15) is 23.6 Å². The number of pyridine rings is 1. The van der Waals surface area contributed by atoms with Crippen LogP contribution in [0.15, 0.2) is 42.0 Å². The second-order valence-corrected chi connectivity index (χ2v) is 11.9. The summed E-state index contributed by atoms with van der Waals surface area (Å²) < 4.78 is 62.4. The molecule has 0 spiro atoms. The Morgan fingerprint density at radius 3 is 2.64 bits per heavy atom. The number of carbonyl (C=O) groups excluding carboxylic acids is 2. The summed E-state index contributed by atoms with van der Waals surface area (Å²) in [5, 5.41) is 17.0. The SMILES string of the molecule is CO[Si]CNCC1C=C(C(=O)Nc2cc(-c3ccc(OC(F)F)cc3C(=O)N3CC(F)(F)C3)cc(N)n2)C(O)N(C2CC2)C1. The highest BCUT2D eigenvalue weighted by molar-refractivity contribution is 6.27. The number of amides is 2. The van der Waals surface area contributed by atoms with E-state index in [4.69, 9.17) is 10.2 Å². The largest absolute Gasteiger partial charge is 0.435 e. The van der Waals surface area contributed by atoms with Gasteiger partial charge in [-0.1, -0.05) is 6.08 Å². The van der Waals surface area contributed by atoms with Crippen LogP contribution in [-0.2, 0) is 9.22 Å². The number of carbonyl (C=O) groups is 2. The minimum atomic E-state index is -3.17. The number of anilines is 2. The molecule has 2 unspecified atom stereocenters. The van der Waals surface area contributed by atoms with Gasteiger partial charge < -0.3 is 35.5 Å². The van der Waals surface area contributed by atoms with E-state index in [1.807, 2.05) is 4.90 Å². The van der Waals surface area contributed by atoms with Crippen LogP contribution in [0.2, 0.25) is 0 Å². The minimum Gasteiger partial charge on any atom is -0.435 e. The molecule has 5 rings (SSSR count). The van der Waals surface area contributed by atoms with E-state index in [0.717, 1.165) is 23.8 Å². The molecule has 11 nitrogen and oxygen atoms in total. The van der Waals surface area contributed by atoms with E-state index in [0.29, 0.717) is 29.0 Å². The number of aliphatic hydroxyl groups excluding tert-OH is 1. The number of halogens is 4. The molecule has 1 saturated heterocycles. The molecule has 44 heavy (non-hydrogen) atoms. The Kier molecular flexibility index (Phi) is 9.55. The summed E-state index contributed by atoms with van der Waals surface area (Å²) in [6, 6.07) is 6.57. The van der Waals surface area contributed by atoms with Gasteiger partial charge in [0.05, 0.1) is 24.2 Å². The number of nitrogen functional groups attached to an aromatic ring is 1. The second-order valence-electron chi connectivity index (χ2n) is 10.9. The van der Waals surface area contributed by atoms with Crippen molar-refractivity contribution < 1.29 is 41.4 Å². The van der Waals surface area contributed by atoms with Crippen molar-refractivity contribution in [3.05, 3.63) is 47.5 Å². The predicted molar refractivity (Wildman–Crippen MR) is 153 cm³/mol. The van der Waals surface area contributed by atoms with Gasteiger partial charge in [-0.2, -0.15) is 8.78 Å². The van der Waals surface area contributed by atoms with Crippen molar-refractivity contribution in [3.63, 3.8) is 0 Å². The van der Waals surface area contributed by atoms with Crippen molar-refractivity contribution >= 4 is 33.2 Å². The highest BCUT2D eigenvalue weighted by Crippen LogP contribution is 2.36. The maximum atomic E-state index is 13.5. The number of nitrogens with one attached hydrogen (secondary N) is 2. The van der Waals surface area contributed by atoms with Crippen molar-refractivity contribution in [3.8, 4) is 16.9 Å². The molecule has 3 heterocycles. The van der Waals surface area contributed by atoms with Gasteiger partial charge in [-0.25, -0.2) is 13.8 Å². The lowest BCUT2D eigenvalue weighted by molar-refractivity contribution is -0.116.